The van der Waals surface area contributed by atoms with E-state index in [1.807, 2.05) is 43.7 Å². The second-order valence-corrected chi connectivity index (χ2v) is 10.1. The highest BCUT2D eigenvalue weighted by atomic mass is 19.1. The summed E-state index contributed by atoms with van der Waals surface area (Å²) in [6.07, 6.45) is 7.61. The number of nitrogens with zero attached hydrogens (tertiary/aromatic N) is 7. The maximum absolute atomic E-state index is 14.3. The van der Waals surface area contributed by atoms with Gasteiger partial charge in [0.1, 0.15) is 12.1 Å². The number of pyridine rings is 2. The zero-order valence-electron chi connectivity index (χ0n) is 21.6. The monoisotopic (exact) mass is 508 g/mol. The lowest BCUT2D eigenvalue weighted by Gasteiger charge is -2.13. The number of halogens is 1. The molecule has 9 heteroatoms. The van der Waals surface area contributed by atoms with Crippen molar-refractivity contribution in [2.45, 2.75) is 45.2 Å². The number of hydrogen-bond donors (Lipinski definition) is 1. The second-order valence-electron chi connectivity index (χ2n) is 10.1. The second kappa shape index (κ2) is 9.90. The van der Waals surface area contributed by atoms with Gasteiger partial charge in [-0.3, -0.25) is 4.98 Å². The molecule has 1 aliphatic rings. The van der Waals surface area contributed by atoms with Crippen LogP contribution in [-0.4, -0.2) is 40.6 Å². The Balaban J connectivity index is 1.39. The van der Waals surface area contributed by atoms with Gasteiger partial charge in [-0.2, -0.15) is 5.10 Å². The zero-order chi connectivity index (χ0) is 26.2. The first-order valence-corrected chi connectivity index (χ1v) is 12.9. The largest absolute Gasteiger partial charge is 0.317 e. The van der Waals surface area contributed by atoms with Gasteiger partial charge in [-0.25, -0.2) is 14.1 Å². The van der Waals surface area contributed by atoms with Crippen LogP contribution in [0.15, 0.2) is 67.3 Å². The van der Waals surface area contributed by atoms with Crippen LogP contribution in [0.2, 0.25) is 0 Å². The van der Waals surface area contributed by atoms with Crippen LogP contribution in [0, 0.1) is 5.82 Å². The molecule has 0 aliphatic heterocycles. The Hall–Kier alpha value is -4.24. The molecule has 1 N–H and O–H groups in total. The highest BCUT2D eigenvalue weighted by Gasteiger charge is 2.27. The van der Waals surface area contributed by atoms with Crippen molar-refractivity contribution in [1.82, 2.24) is 39.8 Å². The fourth-order valence-corrected chi connectivity index (χ4v) is 4.51. The molecule has 0 saturated heterocycles. The molecule has 1 saturated carbocycles. The van der Waals surface area contributed by atoms with E-state index in [2.05, 4.69) is 40.5 Å². The predicted molar refractivity (Wildman–Crippen MR) is 144 cm³/mol. The van der Waals surface area contributed by atoms with Crippen molar-refractivity contribution < 1.29 is 4.39 Å². The molecular weight excluding hydrogens is 479 g/mol. The van der Waals surface area contributed by atoms with Crippen molar-refractivity contribution in [3.8, 4) is 39.6 Å². The van der Waals surface area contributed by atoms with Gasteiger partial charge in [0.2, 0.25) is 0 Å². The summed E-state index contributed by atoms with van der Waals surface area (Å²) in [7, 11) is 1.85. The normalized spacial score (nSPS) is 13.4. The minimum atomic E-state index is -0.321. The Bertz CT molecular complexity index is 1600. The van der Waals surface area contributed by atoms with Crippen molar-refractivity contribution >= 4 is 0 Å². The summed E-state index contributed by atoms with van der Waals surface area (Å²) >= 11 is 0. The topological polar surface area (TPSA) is 86.3 Å². The smallest absolute Gasteiger partial charge is 0.164 e. The van der Waals surface area contributed by atoms with E-state index >= 15 is 0 Å². The van der Waals surface area contributed by atoms with Crippen LogP contribution >= 0.6 is 0 Å². The molecule has 0 unspecified atom stereocenters. The third-order valence-electron chi connectivity index (χ3n) is 6.68. The van der Waals surface area contributed by atoms with Gasteiger partial charge in [-0.1, -0.05) is 26.0 Å². The van der Waals surface area contributed by atoms with Gasteiger partial charge >= 0.3 is 0 Å². The third-order valence-corrected chi connectivity index (χ3v) is 6.68. The quantitative estimate of drug-likeness (QED) is 0.306. The van der Waals surface area contributed by atoms with Crippen LogP contribution in [-0.2, 0) is 13.6 Å². The van der Waals surface area contributed by atoms with Crippen molar-refractivity contribution in [2.75, 3.05) is 0 Å². The van der Waals surface area contributed by atoms with Crippen LogP contribution in [0.5, 0.6) is 0 Å². The molecule has 5 aromatic rings. The number of benzene rings is 1. The number of aromatic nitrogens is 7. The SMILES string of the molecule is CC(C)NCc1cccc(-c2cnn(-c3cc(-c4ccc(F)cc4-c4nncn4C)cc(C4CC4)n3)c2)n1. The molecule has 0 atom stereocenters. The summed E-state index contributed by atoms with van der Waals surface area (Å²) in [5.41, 5.74) is 6.26. The Kier molecular flexibility index (Phi) is 6.29. The van der Waals surface area contributed by atoms with E-state index in [9.17, 15) is 4.39 Å². The summed E-state index contributed by atoms with van der Waals surface area (Å²) in [5, 5.41) is 16.3. The standard InChI is InChI=1S/C29H29FN8/c1-18(2)31-15-23-5-4-6-26(34-23)21-14-33-38(16-21)28-12-20(11-27(35-28)19-7-8-19)24-10-9-22(30)13-25(24)29-36-32-17-37(29)3/h4-6,9-14,16-19,31H,7-8,15H2,1-3H3. The summed E-state index contributed by atoms with van der Waals surface area (Å²) in [6.45, 7) is 4.94. The molecule has 0 amide bonds. The van der Waals surface area contributed by atoms with Gasteiger partial charge in [0, 0.05) is 48.6 Å². The first-order chi connectivity index (χ1) is 18.4. The summed E-state index contributed by atoms with van der Waals surface area (Å²) in [4.78, 5) is 9.77. The molecule has 0 radical (unpaired) electrons. The molecule has 0 bridgehead atoms. The molecule has 8 nitrogen and oxygen atoms in total. The van der Waals surface area contributed by atoms with Gasteiger partial charge < -0.3 is 9.88 Å². The van der Waals surface area contributed by atoms with E-state index in [-0.39, 0.29) is 5.82 Å². The number of rotatable bonds is 8. The zero-order valence-corrected chi connectivity index (χ0v) is 21.6. The van der Waals surface area contributed by atoms with E-state index in [1.54, 1.807) is 21.6 Å². The maximum atomic E-state index is 14.3. The average Bonchev–Trinajstić information content (AvgIpc) is 3.49. The fraction of sp³-hybridized carbons (Fsp3) is 0.276. The van der Waals surface area contributed by atoms with E-state index in [1.165, 1.54) is 12.1 Å². The number of hydrogen-bond acceptors (Lipinski definition) is 6. The van der Waals surface area contributed by atoms with Crippen molar-refractivity contribution in [1.29, 1.82) is 0 Å². The highest BCUT2D eigenvalue weighted by molar-refractivity contribution is 5.81. The van der Waals surface area contributed by atoms with Crippen LogP contribution in [0.25, 0.3) is 39.6 Å². The maximum Gasteiger partial charge on any atom is 0.164 e. The lowest BCUT2D eigenvalue weighted by atomic mass is 9.98. The minimum absolute atomic E-state index is 0.321. The molecule has 1 aromatic carbocycles. The summed E-state index contributed by atoms with van der Waals surface area (Å²) in [5.74, 6) is 1.42. The third kappa shape index (κ3) is 4.97. The van der Waals surface area contributed by atoms with Crippen LogP contribution in [0.1, 0.15) is 44.0 Å². The Labute approximate surface area is 220 Å². The van der Waals surface area contributed by atoms with Crippen molar-refractivity contribution in [3.05, 3.63) is 84.5 Å². The minimum Gasteiger partial charge on any atom is -0.317 e. The molecule has 6 rings (SSSR count). The van der Waals surface area contributed by atoms with Crippen molar-refractivity contribution in [3.63, 3.8) is 0 Å². The van der Waals surface area contributed by atoms with E-state index < -0.39 is 0 Å². The molecule has 1 fully saturated rings. The Morgan fingerprint density at radius 1 is 1.03 bits per heavy atom. The first kappa shape index (κ1) is 24.1. The average molecular weight is 509 g/mol. The van der Waals surface area contributed by atoms with Crippen LogP contribution in [0.4, 0.5) is 4.39 Å². The number of aryl methyl sites for hydroxylation is 1. The Morgan fingerprint density at radius 3 is 2.66 bits per heavy atom. The molecule has 4 heterocycles. The van der Waals surface area contributed by atoms with Gasteiger partial charge in [0.05, 0.1) is 17.6 Å². The molecule has 1 aliphatic carbocycles. The highest BCUT2D eigenvalue weighted by Crippen LogP contribution is 2.42. The molecular formula is C29H29FN8. The van der Waals surface area contributed by atoms with E-state index in [4.69, 9.17) is 9.97 Å². The van der Waals surface area contributed by atoms with Gasteiger partial charge in [-0.05, 0) is 60.4 Å². The van der Waals surface area contributed by atoms with Crippen LogP contribution < -0.4 is 5.32 Å². The number of nitrogens with one attached hydrogen (secondary N) is 1. The summed E-state index contributed by atoms with van der Waals surface area (Å²) in [6, 6.07) is 15.3. The first-order valence-electron chi connectivity index (χ1n) is 12.9. The van der Waals surface area contributed by atoms with Gasteiger partial charge in [0.25, 0.3) is 0 Å². The lowest BCUT2D eigenvalue weighted by Crippen LogP contribution is -2.22. The van der Waals surface area contributed by atoms with Crippen LogP contribution in [0.3, 0.4) is 0 Å². The summed E-state index contributed by atoms with van der Waals surface area (Å²) < 4.78 is 17.9. The van der Waals surface area contributed by atoms with E-state index in [0.717, 1.165) is 46.6 Å². The molecule has 192 valence electrons. The predicted octanol–water partition coefficient (Wildman–Crippen LogP) is 5.31. The molecule has 0 spiro atoms. The molecule has 4 aromatic heterocycles. The Morgan fingerprint density at radius 2 is 1.89 bits per heavy atom. The lowest BCUT2D eigenvalue weighted by molar-refractivity contribution is 0.582. The van der Waals surface area contributed by atoms with Crippen molar-refractivity contribution in [2.24, 2.45) is 7.05 Å². The van der Waals surface area contributed by atoms with Gasteiger partial charge in [0.15, 0.2) is 11.6 Å². The van der Waals surface area contributed by atoms with E-state index in [0.29, 0.717) is 35.7 Å². The molecule has 38 heavy (non-hydrogen) atoms. The fourth-order valence-electron chi connectivity index (χ4n) is 4.51. The van der Waals surface area contributed by atoms with Gasteiger partial charge in [-0.15, -0.1) is 10.2 Å².